The second-order valence-corrected chi connectivity index (χ2v) is 11.9. The summed E-state index contributed by atoms with van der Waals surface area (Å²) in [6, 6.07) is 0. The van der Waals surface area contributed by atoms with Crippen LogP contribution in [0.25, 0.3) is 0 Å². The second kappa shape index (κ2) is 15.1. The molecule has 0 radical (unpaired) electrons. The highest BCUT2D eigenvalue weighted by atomic mass is 16.7. The van der Waals surface area contributed by atoms with E-state index in [9.17, 15) is 15.0 Å². The van der Waals surface area contributed by atoms with Gasteiger partial charge in [0.2, 0.25) is 0 Å². The summed E-state index contributed by atoms with van der Waals surface area (Å²) in [5.74, 6) is -0.563. The number of rotatable bonds is 11. The van der Waals surface area contributed by atoms with Crippen LogP contribution in [0.1, 0.15) is 81.6 Å². The summed E-state index contributed by atoms with van der Waals surface area (Å²) in [6.07, 6.45) is 9.62. The molecule has 39 heavy (non-hydrogen) atoms. The summed E-state index contributed by atoms with van der Waals surface area (Å²) in [5.41, 5.74) is 4.93. The molecule has 5 unspecified atom stereocenters. The molecule has 0 amide bonds. The van der Waals surface area contributed by atoms with Gasteiger partial charge >= 0.3 is 5.97 Å². The fraction of sp³-hybridized carbons (Fsp3) is 0.656. The fourth-order valence-electron chi connectivity index (χ4n) is 5.05. The smallest absolute Gasteiger partial charge is 0.331 e. The summed E-state index contributed by atoms with van der Waals surface area (Å²) >= 11 is 0. The summed E-state index contributed by atoms with van der Waals surface area (Å²) in [6.45, 7) is 17.8. The van der Waals surface area contributed by atoms with Crippen molar-refractivity contribution in [2.24, 2.45) is 5.41 Å². The molecule has 2 rings (SSSR count). The second-order valence-electron chi connectivity index (χ2n) is 11.9. The molecule has 1 saturated heterocycles. The number of carbonyl (C=O) groups is 1. The van der Waals surface area contributed by atoms with E-state index in [-0.39, 0.29) is 24.2 Å². The normalized spacial score (nSPS) is 28.8. The quantitative estimate of drug-likeness (QED) is 0.194. The van der Waals surface area contributed by atoms with Crippen LogP contribution in [-0.4, -0.2) is 65.7 Å². The Hall–Kier alpha value is -2.03. The van der Waals surface area contributed by atoms with Crippen molar-refractivity contribution in [3.63, 3.8) is 0 Å². The zero-order chi connectivity index (χ0) is 29.3. The highest BCUT2D eigenvalue weighted by molar-refractivity contribution is 5.83. The highest BCUT2D eigenvalue weighted by Crippen LogP contribution is 2.40. The molecule has 1 fully saturated rings. The average Bonchev–Trinajstić information content (AvgIpc) is 2.81. The lowest BCUT2D eigenvalue weighted by atomic mass is 9.72. The summed E-state index contributed by atoms with van der Waals surface area (Å²) < 4.78 is 22.4. The van der Waals surface area contributed by atoms with Crippen molar-refractivity contribution >= 4 is 5.97 Å². The van der Waals surface area contributed by atoms with Crippen LogP contribution in [0.3, 0.4) is 0 Å². The van der Waals surface area contributed by atoms with E-state index < -0.39 is 36.7 Å². The van der Waals surface area contributed by atoms with Gasteiger partial charge in [0.1, 0.15) is 31.0 Å². The minimum atomic E-state index is -1.32. The van der Waals surface area contributed by atoms with Crippen molar-refractivity contribution in [3.8, 4) is 0 Å². The van der Waals surface area contributed by atoms with Gasteiger partial charge in [-0.3, -0.25) is 0 Å². The summed E-state index contributed by atoms with van der Waals surface area (Å²) in [4.78, 5) is 12.4. The van der Waals surface area contributed by atoms with Gasteiger partial charge in [-0.2, -0.15) is 0 Å². The van der Waals surface area contributed by atoms with Gasteiger partial charge in [-0.1, -0.05) is 55.4 Å². The minimum Gasteiger partial charge on any atom is -0.460 e. The molecule has 2 N–H and O–H groups in total. The average molecular weight is 547 g/mol. The number of esters is 1. The monoisotopic (exact) mass is 546 g/mol. The molecule has 1 heterocycles. The maximum atomic E-state index is 12.4. The van der Waals surface area contributed by atoms with E-state index in [2.05, 4.69) is 39.8 Å². The molecule has 7 nitrogen and oxygen atoms in total. The van der Waals surface area contributed by atoms with E-state index in [4.69, 9.17) is 18.9 Å². The first-order valence-electron chi connectivity index (χ1n) is 14.1. The standard InChI is InChI=1S/C32H50O7/c1-20(2)37-29-28(34)26(39-31(35)30(29)38-21(3)4)19-36-27(33)18-23(6)13-10-12-22(5)15-16-25-24(7)14-11-17-32(25,8)9/h10,12-13,15-16,18,20-21,26,28-31,34-35H,11,14,17,19H2,1-9H3/b13-10+,16-15+,22-12+,23-18+. The lowest BCUT2D eigenvalue weighted by Crippen LogP contribution is -2.61. The van der Waals surface area contributed by atoms with Gasteiger partial charge in [-0.05, 0) is 84.3 Å². The predicted octanol–water partition coefficient (Wildman–Crippen LogP) is 5.73. The first-order valence-corrected chi connectivity index (χ1v) is 14.1. The van der Waals surface area contributed by atoms with Crippen LogP contribution < -0.4 is 0 Å². The molecule has 5 atom stereocenters. The van der Waals surface area contributed by atoms with Gasteiger partial charge in [0, 0.05) is 6.08 Å². The number of allylic oxidation sites excluding steroid dienone is 9. The Balaban J connectivity index is 1.95. The molecule has 2 aliphatic rings. The topological polar surface area (TPSA) is 94.5 Å². The van der Waals surface area contributed by atoms with E-state index in [0.717, 1.165) is 17.6 Å². The fourth-order valence-corrected chi connectivity index (χ4v) is 5.05. The molecular weight excluding hydrogens is 496 g/mol. The largest absolute Gasteiger partial charge is 0.460 e. The predicted molar refractivity (Wildman–Crippen MR) is 154 cm³/mol. The first-order chi connectivity index (χ1) is 18.2. The van der Waals surface area contributed by atoms with Crippen molar-refractivity contribution in [3.05, 3.63) is 58.7 Å². The van der Waals surface area contributed by atoms with Crippen LogP contribution >= 0.6 is 0 Å². The molecule has 220 valence electrons. The maximum absolute atomic E-state index is 12.4. The summed E-state index contributed by atoms with van der Waals surface area (Å²) in [5, 5.41) is 21.3. The third kappa shape index (κ3) is 10.5. The zero-order valence-corrected chi connectivity index (χ0v) is 25.3. The highest BCUT2D eigenvalue weighted by Gasteiger charge is 2.47. The number of ether oxygens (including phenoxy) is 4. The molecule has 0 bridgehead atoms. The molecular formula is C32H50O7. The Morgan fingerprint density at radius 3 is 2.31 bits per heavy atom. The van der Waals surface area contributed by atoms with Crippen LogP contribution in [0.15, 0.2) is 58.7 Å². The van der Waals surface area contributed by atoms with Crippen molar-refractivity contribution < 1.29 is 34.0 Å². The van der Waals surface area contributed by atoms with Crippen LogP contribution in [0.2, 0.25) is 0 Å². The Kier molecular flexibility index (Phi) is 12.8. The van der Waals surface area contributed by atoms with Gasteiger partial charge in [0.25, 0.3) is 0 Å². The van der Waals surface area contributed by atoms with E-state index >= 15 is 0 Å². The molecule has 0 saturated carbocycles. The van der Waals surface area contributed by atoms with Crippen molar-refractivity contribution in [1.29, 1.82) is 0 Å². The van der Waals surface area contributed by atoms with Crippen LogP contribution in [0.5, 0.6) is 0 Å². The van der Waals surface area contributed by atoms with Crippen molar-refractivity contribution in [2.75, 3.05) is 6.61 Å². The first kappa shape index (κ1) is 33.2. The lowest BCUT2D eigenvalue weighted by molar-refractivity contribution is -0.313. The SMILES string of the molecule is CC1=C(/C=C/C(C)=C/C=C/C(C)=C/C(=O)OCC2OC(O)C(OC(C)C)C(OC(C)C)C2O)C(C)(C)CCC1. The minimum absolute atomic E-state index is 0.200. The molecule has 7 heteroatoms. The number of aliphatic hydroxyl groups excluding tert-OH is 2. The summed E-state index contributed by atoms with van der Waals surface area (Å²) in [7, 11) is 0. The van der Waals surface area contributed by atoms with Gasteiger partial charge in [-0.25, -0.2) is 4.79 Å². The van der Waals surface area contributed by atoms with Gasteiger partial charge in [-0.15, -0.1) is 0 Å². The van der Waals surface area contributed by atoms with E-state index in [1.807, 2.05) is 52.8 Å². The number of carbonyl (C=O) groups excluding carboxylic acids is 1. The molecule has 0 spiro atoms. The van der Waals surface area contributed by atoms with Crippen LogP contribution in [-0.2, 0) is 23.7 Å². The van der Waals surface area contributed by atoms with Gasteiger partial charge < -0.3 is 29.2 Å². The van der Waals surface area contributed by atoms with Crippen LogP contribution in [0.4, 0.5) is 0 Å². The molecule has 0 aromatic rings. The van der Waals surface area contributed by atoms with E-state index in [1.54, 1.807) is 0 Å². The van der Waals surface area contributed by atoms with Gasteiger partial charge in [0.15, 0.2) is 6.29 Å². The van der Waals surface area contributed by atoms with Crippen molar-refractivity contribution in [2.45, 2.75) is 124 Å². The third-order valence-corrected chi connectivity index (χ3v) is 7.00. The third-order valence-electron chi connectivity index (χ3n) is 7.00. The molecule has 0 aromatic carbocycles. The number of hydrogen-bond acceptors (Lipinski definition) is 7. The van der Waals surface area contributed by atoms with Gasteiger partial charge in [0.05, 0.1) is 12.2 Å². The molecule has 1 aliphatic carbocycles. The molecule has 1 aliphatic heterocycles. The Bertz CT molecular complexity index is 967. The lowest BCUT2D eigenvalue weighted by Gasteiger charge is -2.43. The number of aliphatic hydroxyl groups is 2. The molecule has 0 aromatic heterocycles. The maximum Gasteiger partial charge on any atom is 0.331 e. The van der Waals surface area contributed by atoms with Crippen molar-refractivity contribution in [1.82, 2.24) is 0 Å². The van der Waals surface area contributed by atoms with Crippen LogP contribution in [0, 0.1) is 5.41 Å². The Morgan fingerprint density at radius 1 is 1.05 bits per heavy atom. The number of hydrogen-bond donors (Lipinski definition) is 2. The van der Waals surface area contributed by atoms with E-state index in [1.165, 1.54) is 30.1 Å². The Morgan fingerprint density at radius 2 is 1.69 bits per heavy atom. The Labute approximate surface area is 235 Å². The zero-order valence-electron chi connectivity index (χ0n) is 25.3. The van der Waals surface area contributed by atoms with E-state index in [0.29, 0.717) is 0 Å².